The van der Waals surface area contributed by atoms with E-state index in [2.05, 4.69) is 12.2 Å². The average molecular weight is 293 g/mol. The number of nitrogens with one attached hydrogen (secondary N) is 1. The second-order valence-electron chi connectivity index (χ2n) is 5.90. The van der Waals surface area contributed by atoms with Crippen LogP contribution in [0.1, 0.15) is 51.5 Å². The lowest BCUT2D eigenvalue weighted by Gasteiger charge is -2.30. The molecule has 1 amide bonds. The Morgan fingerprint density at radius 3 is 1.62 bits per heavy atom. The number of carbonyl (C=O) groups excluding carboxylic acids is 1. The molecule has 0 aliphatic carbocycles. The monoisotopic (exact) mass is 293 g/mol. The zero-order chi connectivity index (χ0) is 16.4. The summed E-state index contributed by atoms with van der Waals surface area (Å²) in [5, 5.41) is 21.8. The van der Waals surface area contributed by atoms with Crippen molar-refractivity contribution in [3.8, 4) is 0 Å². The first-order valence-corrected chi connectivity index (χ1v) is 7.35. The standard InChI is InChI=1S/C17H27NO3/c1-7-17(8-19,9-20)18-16(21)15-13(5)11(3)10(2)12(4)14(15)6/h19-20H,7-9H2,1-6H3,(H,18,21). The fraction of sp³-hybridized carbons (Fsp3) is 0.588. The molecule has 0 aliphatic heterocycles. The number of aliphatic hydroxyl groups excluding tert-OH is 2. The predicted molar refractivity (Wildman–Crippen MR) is 84.8 cm³/mol. The largest absolute Gasteiger partial charge is 0.394 e. The summed E-state index contributed by atoms with van der Waals surface area (Å²) < 4.78 is 0. The van der Waals surface area contributed by atoms with Gasteiger partial charge >= 0.3 is 0 Å². The van der Waals surface area contributed by atoms with Crippen molar-refractivity contribution in [3.05, 3.63) is 33.4 Å². The van der Waals surface area contributed by atoms with Gasteiger partial charge in [-0.05, 0) is 68.9 Å². The molecule has 0 aliphatic rings. The van der Waals surface area contributed by atoms with Crippen LogP contribution in [0.4, 0.5) is 0 Å². The van der Waals surface area contributed by atoms with Gasteiger partial charge in [-0.1, -0.05) is 6.92 Å². The summed E-state index contributed by atoms with van der Waals surface area (Å²) >= 11 is 0. The Morgan fingerprint density at radius 2 is 1.29 bits per heavy atom. The first-order valence-electron chi connectivity index (χ1n) is 7.35. The number of benzene rings is 1. The van der Waals surface area contributed by atoms with Gasteiger partial charge < -0.3 is 15.5 Å². The summed E-state index contributed by atoms with van der Waals surface area (Å²) in [6.07, 6.45) is 0.466. The van der Waals surface area contributed by atoms with Crippen LogP contribution in [0.2, 0.25) is 0 Å². The zero-order valence-corrected chi connectivity index (χ0v) is 13.9. The fourth-order valence-electron chi connectivity index (χ4n) is 2.58. The molecular formula is C17H27NO3. The van der Waals surface area contributed by atoms with Crippen molar-refractivity contribution in [2.24, 2.45) is 0 Å². The summed E-state index contributed by atoms with van der Waals surface area (Å²) in [4.78, 5) is 12.7. The molecule has 0 bridgehead atoms. The first kappa shape index (κ1) is 17.7. The Kier molecular flexibility index (Phi) is 5.54. The molecule has 0 atom stereocenters. The molecule has 4 heteroatoms. The van der Waals surface area contributed by atoms with E-state index in [0.29, 0.717) is 12.0 Å². The molecule has 0 saturated heterocycles. The third kappa shape index (κ3) is 3.11. The minimum absolute atomic E-state index is 0.235. The molecular weight excluding hydrogens is 266 g/mol. The molecule has 1 rings (SSSR count). The van der Waals surface area contributed by atoms with Gasteiger partial charge in [0.15, 0.2) is 0 Å². The first-order chi connectivity index (χ1) is 9.74. The highest BCUT2D eigenvalue weighted by atomic mass is 16.3. The van der Waals surface area contributed by atoms with E-state index in [0.717, 1.165) is 22.3 Å². The van der Waals surface area contributed by atoms with Gasteiger partial charge in [-0.3, -0.25) is 4.79 Å². The molecule has 21 heavy (non-hydrogen) atoms. The highest BCUT2D eigenvalue weighted by Gasteiger charge is 2.30. The summed E-state index contributed by atoms with van der Waals surface area (Å²) in [7, 11) is 0. The van der Waals surface area contributed by atoms with Crippen molar-refractivity contribution < 1.29 is 15.0 Å². The van der Waals surface area contributed by atoms with Crippen LogP contribution in [-0.2, 0) is 0 Å². The highest BCUT2D eigenvalue weighted by Crippen LogP contribution is 2.26. The highest BCUT2D eigenvalue weighted by molar-refractivity contribution is 5.98. The van der Waals surface area contributed by atoms with Crippen molar-refractivity contribution in [1.29, 1.82) is 0 Å². The van der Waals surface area contributed by atoms with E-state index in [4.69, 9.17) is 0 Å². The lowest BCUT2D eigenvalue weighted by atomic mass is 9.88. The van der Waals surface area contributed by atoms with Crippen LogP contribution < -0.4 is 5.32 Å². The van der Waals surface area contributed by atoms with Gasteiger partial charge in [0, 0.05) is 5.56 Å². The van der Waals surface area contributed by atoms with Gasteiger partial charge in [0.2, 0.25) is 0 Å². The molecule has 0 unspecified atom stereocenters. The predicted octanol–water partition coefficient (Wildman–Crippen LogP) is 2.09. The molecule has 118 valence electrons. The topological polar surface area (TPSA) is 69.6 Å². The van der Waals surface area contributed by atoms with Gasteiger partial charge in [0.25, 0.3) is 5.91 Å². The summed E-state index contributed by atoms with van der Waals surface area (Å²) in [6.45, 7) is 11.2. The molecule has 4 nitrogen and oxygen atoms in total. The van der Waals surface area contributed by atoms with Crippen molar-refractivity contribution in [2.45, 2.75) is 53.5 Å². The lowest BCUT2D eigenvalue weighted by molar-refractivity contribution is 0.0652. The number of hydrogen-bond donors (Lipinski definition) is 3. The van der Waals surface area contributed by atoms with Gasteiger partial charge in [0.05, 0.1) is 18.8 Å². The number of aliphatic hydroxyl groups is 2. The van der Waals surface area contributed by atoms with Crippen LogP contribution in [0.15, 0.2) is 0 Å². The normalized spacial score (nSPS) is 11.6. The molecule has 0 fully saturated rings. The van der Waals surface area contributed by atoms with E-state index in [1.54, 1.807) is 0 Å². The van der Waals surface area contributed by atoms with Crippen LogP contribution in [0.25, 0.3) is 0 Å². The van der Waals surface area contributed by atoms with E-state index < -0.39 is 5.54 Å². The average Bonchev–Trinajstić information content (AvgIpc) is 2.49. The lowest BCUT2D eigenvalue weighted by Crippen LogP contribution is -2.54. The molecule has 1 aromatic carbocycles. The Balaban J connectivity index is 3.32. The molecule has 1 aromatic rings. The van der Waals surface area contributed by atoms with E-state index in [1.165, 1.54) is 5.56 Å². The second-order valence-corrected chi connectivity index (χ2v) is 5.90. The minimum Gasteiger partial charge on any atom is -0.394 e. The maximum atomic E-state index is 12.7. The smallest absolute Gasteiger partial charge is 0.252 e. The van der Waals surface area contributed by atoms with Crippen molar-refractivity contribution in [2.75, 3.05) is 13.2 Å². The quantitative estimate of drug-likeness (QED) is 0.778. The third-order valence-corrected chi connectivity index (χ3v) is 4.89. The van der Waals surface area contributed by atoms with Gasteiger partial charge in [-0.25, -0.2) is 0 Å². The Bertz CT molecular complexity index is 508. The third-order valence-electron chi connectivity index (χ3n) is 4.89. The molecule has 0 radical (unpaired) electrons. The van der Waals surface area contributed by atoms with Crippen LogP contribution >= 0.6 is 0 Å². The summed E-state index contributed by atoms with van der Waals surface area (Å²) in [6, 6.07) is 0. The Labute approximate surface area is 127 Å². The molecule has 0 heterocycles. The molecule has 0 aromatic heterocycles. The summed E-state index contributed by atoms with van der Waals surface area (Å²) in [5.41, 5.74) is 5.01. The van der Waals surface area contributed by atoms with Gasteiger partial charge in [-0.2, -0.15) is 0 Å². The Hall–Kier alpha value is -1.39. The maximum absolute atomic E-state index is 12.7. The van der Waals surface area contributed by atoms with E-state index in [-0.39, 0.29) is 19.1 Å². The number of hydrogen-bond acceptors (Lipinski definition) is 3. The van der Waals surface area contributed by atoms with Crippen molar-refractivity contribution in [3.63, 3.8) is 0 Å². The van der Waals surface area contributed by atoms with Crippen molar-refractivity contribution in [1.82, 2.24) is 5.32 Å². The van der Waals surface area contributed by atoms with Crippen LogP contribution in [0.3, 0.4) is 0 Å². The second kappa shape index (κ2) is 6.58. The van der Waals surface area contributed by atoms with E-state index in [1.807, 2.05) is 34.6 Å². The summed E-state index contributed by atoms with van der Waals surface area (Å²) in [5.74, 6) is -0.235. The van der Waals surface area contributed by atoms with Crippen LogP contribution in [-0.4, -0.2) is 34.9 Å². The number of carbonyl (C=O) groups is 1. The zero-order valence-electron chi connectivity index (χ0n) is 13.9. The van der Waals surface area contributed by atoms with Gasteiger partial charge in [-0.15, -0.1) is 0 Å². The Morgan fingerprint density at radius 1 is 0.905 bits per heavy atom. The number of amides is 1. The molecule has 0 spiro atoms. The molecule has 3 N–H and O–H groups in total. The number of rotatable bonds is 5. The van der Waals surface area contributed by atoms with E-state index in [9.17, 15) is 15.0 Å². The van der Waals surface area contributed by atoms with E-state index >= 15 is 0 Å². The maximum Gasteiger partial charge on any atom is 0.252 e. The van der Waals surface area contributed by atoms with Gasteiger partial charge in [0.1, 0.15) is 0 Å². The van der Waals surface area contributed by atoms with Crippen molar-refractivity contribution >= 4 is 5.91 Å². The fourth-order valence-corrected chi connectivity index (χ4v) is 2.58. The molecule has 0 saturated carbocycles. The minimum atomic E-state index is -0.970. The van der Waals surface area contributed by atoms with Crippen LogP contribution in [0, 0.1) is 34.6 Å². The van der Waals surface area contributed by atoms with Crippen LogP contribution in [0.5, 0.6) is 0 Å². The SMILES string of the molecule is CCC(CO)(CO)NC(=O)c1c(C)c(C)c(C)c(C)c1C.